The fraction of sp³-hybridized carbons (Fsp3) is 0.619. The Hall–Kier alpha value is -2.08. The van der Waals surface area contributed by atoms with Crippen molar-refractivity contribution in [3.63, 3.8) is 0 Å². The number of amides is 3. The topological polar surface area (TPSA) is 55.9 Å². The number of carbonyl (C=O) groups excluding carboxylic acids is 2. The number of piperidine rings is 1. The van der Waals surface area contributed by atoms with Crippen LogP contribution in [0.15, 0.2) is 30.3 Å². The molecule has 3 rings (SSSR count). The number of nitrogens with one attached hydrogen (secondary N) is 1. The van der Waals surface area contributed by atoms with Gasteiger partial charge >= 0.3 is 6.03 Å². The second-order valence-corrected chi connectivity index (χ2v) is 8.08. The average Bonchev–Trinajstić information content (AvgIpc) is 2.68. The minimum Gasteiger partial charge on any atom is -0.340 e. The maximum atomic E-state index is 12.8. The van der Waals surface area contributed by atoms with Crippen molar-refractivity contribution < 1.29 is 9.59 Å². The van der Waals surface area contributed by atoms with Gasteiger partial charge in [-0.3, -0.25) is 9.69 Å². The summed E-state index contributed by atoms with van der Waals surface area (Å²) in [4.78, 5) is 31.5. The van der Waals surface area contributed by atoms with Crippen LogP contribution in [0.4, 0.5) is 10.5 Å². The van der Waals surface area contributed by atoms with Crippen LogP contribution in [0.25, 0.3) is 0 Å². The van der Waals surface area contributed by atoms with E-state index in [9.17, 15) is 9.59 Å². The zero-order valence-corrected chi connectivity index (χ0v) is 16.6. The first-order valence-corrected chi connectivity index (χ1v) is 10.1. The summed E-state index contributed by atoms with van der Waals surface area (Å²) in [6.45, 7) is 10.5. The number of benzene rings is 1. The van der Waals surface area contributed by atoms with Crippen molar-refractivity contribution in [2.45, 2.75) is 26.7 Å². The molecule has 0 aromatic heterocycles. The molecule has 6 nitrogen and oxygen atoms in total. The van der Waals surface area contributed by atoms with Crippen molar-refractivity contribution in [1.82, 2.24) is 14.7 Å². The number of nitrogens with zero attached hydrogens (tertiary/aromatic N) is 3. The number of para-hydroxylation sites is 1. The zero-order chi connectivity index (χ0) is 19.2. The monoisotopic (exact) mass is 372 g/mol. The number of urea groups is 1. The molecule has 0 saturated carbocycles. The summed E-state index contributed by atoms with van der Waals surface area (Å²) in [5.41, 5.74) is 0.806. The lowest BCUT2D eigenvalue weighted by atomic mass is 9.95. The van der Waals surface area contributed by atoms with Crippen molar-refractivity contribution in [3.05, 3.63) is 30.3 Å². The van der Waals surface area contributed by atoms with E-state index in [0.717, 1.165) is 51.3 Å². The molecule has 2 aliphatic rings. The summed E-state index contributed by atoms with van der Waals surface area (Å²) < 4.78 is 0. The van der Waals surface area contributed by atoms with Gasteiger partial charge in [-0.1, -0.05) is 32.0 Å². The molecular formula is C21H32N4O2. The van der Waals surface area contributed by atoms with Crippen LogP contribution in [0.1, 0.15) is 26.7 Å². The second-order valence-electron chi connectivity index (χ2n) is 8.08. The molecular weight excluding hydrogens is 340 g/mol. The molecule has 0 atom stereocenters. The van der Waals surface area contributed by atoms with Crippen molar-refractivity contribution in [2.75, 3.05) is 51.1 Å². The van der Waals surface area contributed by atoms with Crippen molar-refractivity contribution in [1.29, 1.82) is 0 Å². The van der Waals surface area contributed by atoms with Gasteiger partial charge in [0.1, 0.15) is 0 Å². The number of anilines is 1. The van der Waals surface area contributed by atoms with E-state index in [1.165, 1.54) is 0 Å². The van der Waals surface area contributed by atoms with Crippen LogP contribution in [-0.4, -0.2) is 72.5 Å². The van der Waals surface area contributed by atoms with Gasteiger partial charge in [-0.25, -0.2) is 4.79 Å². The standard InChI is InChI=1S/C21H32N4O2/c1-17(2)16-23-12-14-24(15-13-23)20(26)18-8-10-25(11-9-18)21(27)22-19-6-4-3-5-7-19/h3-7,17-18H,8-16H2,1-2H3,(H,22,27). The molecule has 0 bridgehead atoms. The molecule has 1 N–H and O–H groups in total. The minimum absolute atomic E-state index is 0.0578. The number of likely N-dealkylation sites (tertiary alicyclic amines) is 1. The summed E-state index contributed by atoms with van der Waals surface area (Å²) in [6, 6.07) is 9.42. The Morgan fingerprint density at radius 2 is 1.59 bits per heavy atom. The Bertz CT molecular complexity index is 618. The molecule has 0 radical (unpaired) electrons. The molecule has 3 amide bonds. The molecule has 1 aromatic rings. The first kappa shape index (κ1) is 19.7. The van der Waals surface area contributed by atoms with Crippen LogP contribution in [0.5, 0.6) is 0 Å². The Labute approximate surface area is 162 Å². The molecule has 0 aliphatic carbocycles. The molecule has 2 aliphatic heterocycles. The van der Waals surface area contributed by atoms with Crippen LogP contribution in [-0.2, 0) is 4.79 Å². The van der Waals surface area contributed by atoms with Gasteiger partial charge in [0.15, 0.2) is 0 Å². The highest BCUT2D eigenvalue weighted by Crippen LogP contribution is 2.21. The van der Waals surface area contributed by atoms with Gasteiger partial charge in [-0.05, 0) is 30.9 Å². The quantitative estimate of drug-likeness (QED) is 0.884. The van der Waals surface area contributed by atoms with Gasteiger partial charge < -0.3 is 15.1 Å². The lowest BCUT2D eigenvalue weighted by Gasteiger charge is -2.39. The van der Waals surface area contributed by atoms with E-state index in [4.69, 9.17) is 0 Å². The maximum absolute atomic E-state index is 12.8. The number of piperazine rings is 1. The van der Waals surface area contributed by atoms with Gasteiger partial charge in [-0.15, -0.1) is 0 Å². The van der Waals surface area contributed by atoms with Crippen LogP contribution in [0.2, 0.25) is 0 Å². The highest BCUT2D eigenvalue weighted by atomic mass is 16.2. The molecule has 0 unspecified atom stereocenters. The van der Waals surface area contributed by atoms with E-state index in [1.54, 1.807) is 0 Å². The van der Waals surface area contributed by atoms with Crippen LogP contribution in [0, 0.1) is 11.8 Å². The van der Waals surface area contributed by atoms with E-state index in [2.05, 4.69) is 24.1 Å². The van der Waals surface area contributed by atoms with Crippen molar-refractivity contribution in [3.8, 4) is 0 Å². The summed E-state index contributed by atoms with van der Waals surface area (Å²) in [7, 11) is 0. The Morgan fingerprint density at radius 1 is 0.963 bits per heavy atom. The third-order valence-electron chi connectivity index (χ3n) is 5.46. The number of hydrogen-bond acceptors (Lipinski definition) is 3. The molecule has 2 heterocycles. The smallest absolute Gasteiger partial charge is 0.321 e. The lowest BCUT2D eigenvalue weighted by molar-refractivity contribution is -0.138. The van der Waals surface area contributed by atoms with Gasteiger partial charge in [0.25, 0.3) is 0 Å². The SMILES string of the molecule is CC(C)CN1CCN(C(=O)C2CCN(C(=O)Nc3ccccc3)CC2)CC1. The molecule has 2 fully saturated rings. The molecule has 1 aromatic carbocycles. The highest BCUT2D eigenvalue weighted by molar-refractivity contribution is 5.89. The number of carbonyl (C=O) groups is 2. The third kappa shape index (κ3) is 5.45. The van der Waals surface area contributed by atoms with Crippen LogP contribution >= 0.6 is 0 Å². The third-order valence-corrected chi connectivity index (χ3v) is 5.46. The van der Waals surface area contributed by atoms with E-state index < -0.39 is 0 Å². The zero-order valence-electron chi connectivity index (χ0n) is 16.6. The fourth-order valence-electron chi connectivity index (χ4n) is 3.98. The average molecular weight is 373 g/mol. The van der Waals surface area contributed by atoms with Gasteiger partial charge in [-0.2, -0.15) is 0 Å². The van der Waals surface area contributed by atoms with E-state index >= 15 is 0 Å². The molecule has 6 heteroatoms. The Kier molecular flexibility index (Phi) is 6.72. The molecule has 27 heavy (non-hydrogen) atoms. The van der Waals surface area contributed by atoms with E-state index in [1.807, 2.05) is 40.1 Å². The van der Waals surface area contributed by atoms with E-state index in [0.29, 0.717) is 19.0 Å². The summed E-state index contributed by atoms with van der Waals surface area (Å²) in [6.07, 6.45) is 1.51. The first-order valence-electron chi connectivity index (χ1n) is 10.1. The van der Waals surface area contributed by atoms with Gasteiger partial charge in [0.2, 0.25) is 5.91 Å². The van der Waals surface area contributed by atoms with E-state index in [-0.39, 0.29) is 17.9 Å². The highest BCUT2D eigenvalue weighted by Gasteiger charge is 2.31. The Balaban J connectivity index is 1.42. The van der Waals surface area contributed by atoms with Gasteiger partial charge in [0.05, 0.1) is 0 Å². The largest absolute Gasteiger partial charge is 0.340 e. The fourth-order valence-corrected chi connectivity index (χ4v) is 3.98. The molecule has 0 spiro atoms. The predicted molar refractivity (Wildman–Crippen MR) is 108 cm³/mol. The predicted octanol–water partition coefficient (Wildman–Crippen LogP) is 2.73. The number of hydrogen-bond donors (Lipinski definition) is 1. The molecule has 148 valence electrons. The van der Waals surface area contributed by atoms with Crippen LogP contribution < -0.4 is 5.32 Å². The summed E-state index contributed by atoms with van der Waals surface area (Å²) in [5.74, 6) is 1.00. The summed E-state index contributed by atoms with van der Waals surface area (Å²) >= 11 is 0. The normalized spacial score (nSPS) is 19.4. The summed E-state index contributed by atoms with van der Waals surface area (Å²) in [5, 5.41) is 2.93. The second kappa shape index (κ2) is 9.22. The first-order chi connectivity index (χ1) is 13.0. The van der Waals surface area contributed by atoms with Crippen LogP contribution in [0.3, 0.4) is 0 Å². The Morgan fingerprint density at radius 3 is 2.19 bits per heavy atom. The van der Waals surface area contributed by atoms with Crippen molar-refractivity contribution in [2.24, 2.45) is 11.8 Å². The lowest BCUT2D eigenvalue weighted by Crippen LogP contribution is -2.52. The van der Waals surface area contributed by atoms with Crippen molar-refractivity contribution >= 4 is 17.6 Å². The maximum Gasteiger partial charge on any atom is 0.321 e. The minimum atomic E-state index is -0.0746. The number of rotatable bonds is 4. The van der Waals surface area contributed by atoms with Gasteiger partial charge in [0, 0.05) is 57.4 Å². The molecule has 2 saturated heterocycles.